The summed E-state index contributed by atoms with van der Waals surface area (Å²) in [4.78, 5) is 18.1. The van der Waals surface area contributed by atoms with Gasteiger partial charge in [-0.1, -0.05) is 78.8 Å². The number of rotatable bonds is 7. The smallest absolute Gasteiger partial charge is 0.276 e. The van der Waals surface area contributed by atoms with Crippen LogP contribution in [0.1, 0.15) is 31.1 Å². The van der Waals surface area contributed by atoms with Crippen molar-refractivity contribution >= 4 is 40.1 Å². The van der Waals surface area contributed by atoms with Crippen molar-refractivity contribution in [1.29, 1.82) is 0 Å². The van der Waals surface area contributed by atoms with Gasteiger partial charge in [0, 0.05) is 10.8 Å². The Hall–Kier alpha value is -3.49. The molecule has 0 saturated heterocycles. The third-order valence-electron chi connectivity index (χ3n) is 5.65. The molecule has 0 aliphatic carbocycles. The van der Waals surface area contributed by atoms with Crippen molar-refractivity contribution < 1.29 is 14.3 Å². The molecule has 9 heteroatoms. The van der Waals surface area contributed by atoms with Crippen LogP contribution in [0.3, 0.4) is 0 Å². The largest absolute Gasteiger partial charge is 0.490 e. The van der Waals surface area contributed by atoms with Gasteiger partial charge in [-0.2, -0.15) is 0 Å². The third-order valence-corrected chi connectivity index (χ3v) is 6.68. The Bertz CT molecular complexity index is 1450. The molecule has 1 atom stereocenters. The molecular weight excluding hydrogens is 496 g/mol. The standard InChI is InChI=1S/C27H25ClN4O3S/c1-3-34-22-15-18(14-20(28)24(22)35-16-17-10-6-5-7-11-17)25-29-21-13-9-8-12-19(21)23-26(33)30-27(36-4-2)31-32(23)25/h5-15,25H,3-4,16H2,1-2H3,(H,30,31,33). The van der Waals surface area contributed by atoms with Crippen LogP contribution in [0.25, 0.3) is 5.70 Å². The first kappa shape index (κ1) is 24.2. The van der Waals surface area contributed by atoms with Gasteiger partial charge < -0.3 is 9.47 Å². The van der Waals surface area contributed by atoms with Gasteiger partial charge in [-0.3, -0.25) is 15.1 Å². The topological polar surface area (TPSA) is 75.5 Å². The third kappa shape index (κ3) is 4.79. The minimum Gasteiger partial charge on any atom is -0.490 e. The molecule has 0 bridgehead atoms. The number of hydrogen-bond donors (Lipinski definition) is 1. The van der Waals surface area contributed by atoms with Crippen LogP contribution in [0.4, 0.5) is 0 Å². The van der Waals surface area contributed by atoms with Gasteiger partial charge in [-0.15, -0.1) is 5.10 Å². The summed E-state index contributed by atoms with van der Waals surface area (Å²) in [6.45, 7) is 4.70. The van der Waals surface area contributed by atoms with E-state index in [1.807, 2.05) is 74.5 Å². The number of carbonyl (C=O) groups is 1. The molecule has 0 aromatic heterocycles. The van der Waals surface area contributed by atoms with E-state index in [-0.39, 0.29) is 5.91 Å². The van der Waals surface area contributed by atoms with Crippen molar-refractivity contribution in [2.24, 2.45) is 10.1 Å². The summed E-state index contributed by atoms with van der Waals surface area (Å²) in [6.07, 6.45) is -0.603. The van der Waals surface area contributed by atoms with E-state index in [2.05, 4.69) is 5.32 Å². The number of benzene rings is 3. The maximum atomic E-state index is 13.2. The second-order valence-electron chi connectivity index (χ2n) is 8.04. The fourth-order valence-corrected chi connectivity index (χ4v) is 4.97. The van der Waals surface area contributed by atoms with Crippen LogP contribution in [-0.4, -0.2) is 28.4 Å². The lowest BCUT2D eigenvalue weighted by molar-refractivity contribution is -0.116. The van der Waals surface area contributed by atoms with Gasteiger partial charge in [-0.25, -0.2) is 5.01 Å². The molecule has 0 radical (unpaired) electrons. The predicted octanol–water partition coefficient (Wildman–Crippen LogP) is 4.21. The number of amides is 1. The van der Waals surface area contributed by atoms with E-state index in [9.17, 15) is 4.79 Å². The van der Waals surface area contributed by atoms with Crippen LogP contribution < -0.4 is 25.4 Å². The first-order chi connectivity index (χ1) is 17.6. The molecule has 36 heavy (non-hydrogen) atoms. The maximum Gasteiger partial charge on any atom is 0.276 e. The second-order valence-corrected chi connectivity index (χ2v) is 9.70. The molecular formula is C27H25ClN4O3S. The van der Waals surface area contributed by atoms with E-state index in [0.717, 1.165) is 22.1 Å². The van der Waals surface area contributed by atoms with Gasteiger partial charge in [0.2, 0.25) is 0 Å². The summed E-state index contributed by atoms with van der Waals surface area (Å²) in [5.41, 5.74) is 2.21. The van der Waals surface area contributed by atoms with Crippen LogP contribution in [0.15, 0.2) is 76.8 Å². The Kier molecular flexibility index (Phi) is 7.16. The highest BCUT2D eigenvalue weighted by molar-refractivity contribution is 8.13. The number of carbonyl (C=O) groups excluding carboxylic acids is 1. The van der Waals surface area contributed by atoms with Crippen LogP contribution >= 0.6 is 23.4 Å². The van der Waals surface area contributed by atoms with E-state index in [1.165, 1.54) is 11.8 Å². The van der Waals surface area contributed by atoms with E-state index < -0.39 is 6.17 Å². The second kappa shape index (κ2) is 10.6. The number of halogens is 1. The SMILES string of the molecule is CCOc1cc(C2N=c3ccccc3=C3C(=O)NC(SCC)=NN32)cc(Cl)c1OCc1ccccc1. The average molecular weight is 521 g/mol. The fourth-order valence-electron chi connectivity index (χ4n) is 4.12. The molecule has 2 aliphatic rings. The number of hydrazone groups is 1. The highest BCUT2D eigenvalue weighted by Crippen LogP contribution is 2.41. The number of nitrogens with zero attached hydrogens (tertiary/aromatic N) is 3. The van der Waals surface area contributed by atoms with Crippen LogP contribution in [-0.2, 0) is 11.4 Å². The molecule has 1 N–H and O–H groups in total. The molecule has 2 heterocycles. The Morgan fingerprint density at radius 1 is 1.06 bits per heavy atom. The molecule has 1 amide bonds. The monoisotopic (exact) mass is 520 g/mol. The molecule has 184 valence electrons. The summed E-state index contributed by atoms with van der Waals surface area (Å²) >= 11 is 8.21. The maximum absolute atomic E-state index is 13.2. The molecule has 0 spiro atoms. The Morgan fingerprint density at radius 3 is 2.61 bits per heavy atom. The zero-order valence-corrected chi connectivity index (χ0v) is 21.5. The number of ether oxygens (including phenoxy) is 2. The van der Waals surface area contributed by atoms with Crippen molar-refractivity contribution in [1.82, 2.24) is 10.3 Å². The summed E-state index contributed by atoms with van der Waals surface area (Å²) in [5.74, 6) is 1.54. The number of hydrogen-bond acceptors (Lipinski definition) is 7. The van der Waals surface area contributed by atoms with E-state index in [4.69, 9.17) is 31.2 Å². The molecule has 2 aliphatic heterocycles. The number of thioether (sulfide) groups is 1. The summed E-state index contributed by atoms with van der Waals surface area (Å²) in [6, 6.07) is 21.1. The quantitative estimate of drug-likeness (QED) is 0.505. The zero-order valence-electron chi connectivity index (χ0n) is 19.9. The molecule has 3 aromatic carbocycles. The zero-order chi connectivity index (χ0) is 25.1. The normalized spacial score (nSPS) is 16.4. The minimum atomic E-state index is -0.603. The van der Waals surface area contributed by atoms with Gasteiger partial charge in [0.05, 0.1) is 17.0 Å². The first-order valence-corrected chi connectivity index (χ1v) is 13.1. The van der Waals surface area contributed by atoms with E-state index in [1.54, 1.807) is 11.1 Å². The van der Waals surface area contributed by atoms with Crippen LogP contribution in [0.5, 0.6) is 11.5 Å². The number of para-hydroxylation sites is 1. The highest BCUT2D eigenvalue weighted by atomic mass is 35.5. The average Bonchev–Trinajstić information content (AvgIpc) is 2.88. The lowest BCUT2D eigenvalue weighted by Gasteiger charge is -2.34. The Labute approximate surface area is 218 Å². The molecule has 0 fully saturated rings. The van der Waals surface area contributed by atoms with E-state index >= 15 is 0 Å². The summed E-state index contributed by atoms with van der Waals surface area (Å²) < 4.78 is 12.0. The van der Waals surface area contributed by atoms with Gasteiger partial charge in [0.25, 0.3) is 5.91 Å². The van der Waals surface area contributed by atoms with Gasteiger partial charge in [0.15, 0.2) is 22.8 Å². The van der Waals surface area contributed by atoms with Crippen LogP contribution in [0, 0.1) is 0 Å². The van der Waals surface area contributed by atoms with Crippen LogP contribution in [0.2, 0.25) is 5.02 Å². The molecule has 7 nitrogen and oxygen atoms in total. The predicted molar refractivity (Wildman–Crippen MR) is 142 cm³/mol. The highest BCUT2D eigenvalue weighted by Gasteiger charge is 2.35. The fraction of sp³-hybridized carbons (Fsp3) is 0.222. The number of nitrogens with one attached hydrogen (secondary N) is 1. The van der Waals surface area contributed by atoms with E-state index in [0.29, 0.717) is 46.0 Å². The van der Waals surface area contributed by atoms with Crippen molar-refractivity contribution in [3.63, 3.8) is 0 Å². The Balaban J connectivity index is 1.59. The minimum absolute atomic E-state index is 0.216. The van der Waals surface area contributed by atoms with Crippen molar-refractivity contribution in [3.8, 4) is 11.5 Å². The van der Waals surface area contributed by atoms with Gasteiger partial charge >= 0.3 is 0 Å². The lowest BCUT2D eigenvalue weighted by atomic mass is 10.1. The first-order valence-electron chi connectivity index (χ1n) is 11.7. The Morgan fingerprint density at radius 2 is 1.83 bits per heavy atom. The van der Waals surface area contributed by atoms with Crippen molar-refractivity contribution in [2.75, 3.05) is 12.4 Å². The van der Waals surface area contributed by atoms with Gasteiger partial charge in [-0.05, 0) is 36.4 Å². The van der Waals surface area contributed by atoms with Gasteiger partial charge in [0.1, 0.15) is 12.3 Å². The molecule has 3 aromatic rings. The summed E-state index contributed by atoms with van der Waals surface area (Å²) in [5, 5.41) is 11.7. The summed E-state index contributed by atoms with van der Waals surface area (Å²) in [7, 11) is 0. The lowest BCUT2D eigenvalue weighted by Crippen LogP contribution is -2.50. The number of amidine groups is 1. The van der Waals surface area contributed by atoms with Crippen molar-refractivity contribution in [2.45, 2.75) is 26.6 Å². The molecule has 1 unspecified atom stereocenters. The molecule has 5 rings (SSSR count). The number of fused-ring (bicyclic) bond motifs is 2. The molecule has 0 saturated carbocycles. The van der Waals surface area contributed by atoms with Crippen molar-refractivity contribution in [3.05, 3.63) is 93.5 Å².